The summed E-state index contributed by atoms with van der Waals surface area (Å²) in [6.07, 6.45) is 7.45. The van der Waals surface area contributed by atoms with Crippen LogP contribution >= 0.6 is 0 Å². The van der Waals surface area contributed by atoms with Crippen LogP contribution in [0.5, 0.6) is 11.5 Å². The van der Waals surface area contributed by atoms with E-state index < -0.39 is 0 Å². The molecule has 0 aliphatic carbocycles. The molecule has 3 rings (SSSR count). The van der Waals surface area contributed by atoms with Gasteiger partial charge in [-0.1, -0.05) is 6.07 Å². The molecule has 2 N–H and O–H groups in total. The molecule has 2 aromatic heterocycles. The largest absolute Gasteiger partial charge is 0.493 e. The van der Waals surface area contributed by atoms with Crippen LogP contribution in [-0.4, -0.2) is 36.6 Å². The lowest BCUT2D eigenvalue weighted by molar-refractivity contribution is 0.0950. The number of amides is 1. The van der Waals surface area contributed by atoms with Crippen molar-refractivity contribution in [2.75, 3.05) is 26.1 Å². The molecule has 0 saturated heterocycles. The maximum absolute atomic E-state index is 12.4. The molecule has 0 bridgehead atoms. The van der Waals surface area contributed by atoms with Crippen LogP contribution in [0.15, 0.2) is 61.2 Å². The quantitative estimate of drug-likeness (QED) is 0.582. The molecule has 0 atom stereocenters. The lowest BCUT2D eigenvalue weighted by atomic mass is 10.1. The Morgan fingerprint density at radius 3 is 2.48 bits per heavy atom. The highest BCUT2D eigenvalue weighted by molar-refractivity contribution is 5.94. The van der Waals surface area contributed by atoms with Crippen molar-refractivity contribution >= 4 is 11.6 Å². The van der Waals surface area contributed by atoms with Gasteiger partial charge in [-0.15, -0.1) is 0 Å². The van der Waals surface area contributed by atoms with Gasteiger partial charge in [-0.3, -0.25) is 14.8 Å². The average molecular weight is 392 g/mol. The van der Waals surface area contributed by atoms with Crippen molar-refractivity contribution in [3.63, 3.8) is 0 Å². The highest BCUT2D eigenvalue weighted by atomic mass is 16.5. The van der Waals surface area contributed by atoms with Crippen molar-refractivity contribution in [3.8, 4) is 11.5 Å². The number of rotatable bonds is 9. The van der Waals surface area contributed by atoms with Crippen LogP contribution < -0.4 is 20.1 Å². The number of hydrogen-bond donors (Lipinski definition) is 2. The zero-order chi connectivity index (χ0) is 20.5. The highest BCUT2D eigenvalue weighted by Gasteiger charge is 2.08. The van der Waals surface area contributed by atoms with Crippen LogP contribution in [0, 0.1) is 0 Å². The van der Waals surface area contributed by atoms with Crippen LogP contribution in [0.4, 0.5) is 5.69 Å². The Morgan fingerprint density at radius 2 is 1.72 bits per heavy atom. The van der Waals surface area contributed by atoms with Crippen LogP contribution in [0.2, 0.25) is 0 Å². The van der Waals surface area contributed by atoms with Gasteiger partial charge >= 0.3 is 0 Å². The van der Waals surface area contributed by atoms with Crippen molar-refractivity contribution in [2.24, 2.45) is 0 Å². The second kappa shape index (κ2) is 10.1. The van der Waals surface area contributed by atoms with E-state index in [1.54, 1.807) is 45.1 Å². The second-order valence-electron chi connectivity index (χ2n) is 6.37. The number of pyridine rings is 2. The molecule has 1 amide bonds. The summed E-state index contributed by atoms with van der Waals surface area (Å²) in [4.78, 5) is 20.5. The lowest BCUT2D eigenvalue weighted by Crippen LogP contribution is -2.23. The Labute approximate surface area is 170 Å². The van der Waals surface area contributed by atoms with Crippen LogP contribution in [0.25, 0.3) is 0 Å². The summed E-state index contributed by atoms with van der Waals surface area (Å²) in [5.74, 6) is 1.25. The smallest absolute Gasteiger partial charge is 0.253 e. The van der Waals surface area contributed by atoms with Gasteiger partial charge in [0.1, 0.15) is 0 Å². The van der Waals surface area contributed by atoms with E-state index in [-0.39, 0.29) is 5.91 Å². The van der Waals surface area contributed by atoms with Gasteiger partial charge in [0.2, 0.25) is 0 Å². The highest BCUT2D eigenvalue weighted by Crippen LogP contribution is 2.27. The molecule has 0 unspecified atom stereocenters. The van der Waals surface area contributed by atoms with Crippen molar-refractivity contribution in [1.82, 2.24) is 15.3 Å². The van der Waals surface area contributed by atoms with Gasteiger partial charge in [-0.05, 0) is 47.9 Å². The van der Waals surface area contributed by atoms with Gasteiger partial charge in [0, 0.05) is 37.9 Å². The van der Waals surface area contributed by atoms with E-state index in [0.29, 0.717) is 30.2 Å². The number of aromatic nitrogens is 2. The molecule has 0 saturated carbocycles. The van der Waals surface area contributed by atoms with Gasteiger partial charge in [-0.2, -0.15) is 0 Å². The van der Waals surface area contributed by atoms with E-state index in [4.69, 9.17) is 9.47 Å². The summed E-state index contributed by atoms with van der Waals surface area (Å²) in [5.41, 5.74) is 3.41. The molecular formula is C22H24N4O3. The molecule has 0 spiro atoms. The molecule has 0 radical (unpaired) electrons. The van der Waals surface area contributed by atoms with Crippen LogP contribution in [0.3, 0.4) is 0 Å². The van der Waals surface area contributed by atoms with Gasteiger partial charge in [-0.25, -0.2) is 0 Å². The number of methoxy groups -OCH3 is 2. The van der Waals surface area contributed by atoms with Gasteiger partial charge in [0.05, 0.1) is 25.5 Å². The molecule has 0 aliphatic heterocycles. The molecule has 29 heavy (non-hydrogen) atoms. The number of nitrogens with one attached hydrogen (secondary N) is 2. The predicted molar refractivity (Wildman–Crippen MR) is 111 cm³/mol. The molecular weight excluding hydrogens is 368 g/mol. The SMILES string of the molecule is COc1ccc(CCNc2cncc(C(=O)NCc3ccncc3)c2)cc1OC. The number of anilines is 1. The maximum atomic E-state index is 12.4. The minimum atomic E-state index is -0.169. The lowest BCUT2D eigenvalue weighted by Gasteiger charge is -2.11. The number of hydrogen-bond acceptors (Lipinski definition) is 6. The Bertz CT molecular complexity index is 948. The number of benzene rings is 1. The molecule has 7 nitrogen and oxygen atoms in total. The zero-order valence-electron chi connectivity index (χ0n) is 16.5. The molecule has 7 heteroatoms. The van der Waals surface area contributed by atoms with Gasteiger partial charge < -0.3 is 20.1 Å². The summed E-state index contributed by atoms with van der Waals surface area (Å²) in [7, 11) is 3.24. The van der Waals surface area contributed by atoms with Crippen molar-refractivity contribution in [2.45, 2.75) is 13.0 Å². The van der Waals surface area contributed by atoms with E-state index in [1.807, 2.05) is 30.3 Å². The fraction of sp³-hybridized carbons (Fsp3) is 0.227. The third-order valence-electron chi connectivity index (χ3n) is 4.39. The molecule has 0 aliphatic rings. The summed E-state index contributed by atoms with van der Waals surface area (Å²) in [6.45, 7) is 1.14. The third kappa shape index (κ3) is 5.68. The first kappa shape index (κ1) is 20.1. The number of carbonyl (C=O) groups excluding carboxylic acids is 1. The van der Waals surface area contributed by atoms with Crippen LogP contribution in [-0.2, 0) is 13.0 Å². The third-order valence-corrected chi connectivity index (χ3v) is 4.39. The van der Waals surface area contributed by atoms with E-state index in [2.05, 4.69) is 20.6 Å². The summed E-state index contributed by atoms with van der Waals surface area (Å²) in [5, 5.41) is 6.19. The van der Waals surface area contributed by atoms with Crippen LogP contribution in [0.1, 0.15) is 21.5 Å². The fourth-order valence-electron chi connectivity index (χ4n) is 2.83. The Hall–Kier alpha value is -3.61. The second-order valence-corrected chi connectivity index (χ2v) is 6.37. The molecule has 2 heterocycles. The first-order valence-electron chi connectivity index (χ1n) is 9.26. The van der Waals surface area contributed by atoms with Crippen molar-refractivity contribution in [3.05, 3.63) is 77.9 Å². The summed E-state index contributed by atoms with van der Waals surface area (Å²) < 4.78 is 10.6. The monoisotopic (exact) mass is 392 g/mol. The topological polar surface area (TPSA) is 85.4 Å². The van der Waals surface area contributed by atoms with E-state index in [0.717, 1.165) is 23.2 Å². The molecule has 0 fully saturated rings. The summed E-state index contributed by atoms with van der Waals surface area (Å²) in [6, 6.07) is 11.4. The standard InChI is InChI=1S/C22H24N4O3/c1-28-20-4-3-16(11-21(20)29-2)7-10-25-19-12-18(14-24-15-19)22(27)26-13-17-5-8-23-9-6-17/h3-6,8-9,11-12,14-15,25H,7,10,13H2,1-2H3,(H,26,27). The number of carbonyl (C=O) groups is 1. The predicted octanol–water partition coefficient (Wildman–Crippen LogP) is 3.08. The van der Waals surface area contributed by atoms with Crippen molar-refractivity contribution in [1.29, 1.82) is 0 Å². The minimum absolute atomic E-state index is 0.169. The summed E-state index contributed by atoms with van der Waals surface area (Å²) >= 11 is 0. The minimum Gasteiger partial charge on any atom is -0.493 e. The first-order valence-corrected chi connectivity index (χ1v) is 9.26. The zero-order valence-corrected chi connectivity index (χ0v) is 16.5. The Balaban J connectivity index is 1.54. The Kier molecular flexibility index (Phi) is 7.00. The maximum Gasteiger partial charge on any atom is 0.253 e. The molecule has 3 aromatic rings. The van der Waals surface area contributed by atoms with Gasteiger partial charge in [0.15, 0.2) is 11.5 Å². The van der Waals surface area contributed by atoms with Gasteiger partial charge in [0.25, 0.3) is 5.91 Å². The molecule has 1 aromatic carbocycles. The normalized spacial score (nSPS) is 10.3. The number of nitrogens with zero attached hydrogens (tertiary/aromatic N) is 2. The average Bonchev–Trinajstić information content (AvgIpc) is 2.78. The first-order chi connectivity index (χ1) is 14.2. The molecule has 150 valence electrons. The fourth-order valence-corrected chi connectivity index (χ4v) is 2.83. The van der Waals surface area contributed by atoms with Crippen molar-refractivity contribution < 1.29 is 14.3 Å². The Morgan fingerprint density at radius 1 is 0.931 bits per heavy atom. The number of ether oxygens (including phenoxy) is 2. The van der Waals surface area contributed by atoms with E-state index in [9.17, 15) is 4.79 Å². The van der Waals surface area contributed by atoms with E-state index in [1.165, 1.54) is 0 Å². The van der Waals surface area contributed by atoms with E-state index >= 15 is 0 Å².